The minimum atomic E-state index is -0.616. The van der Waals surface area contributed by atoms with Gasteiger partial charge in [0.25, 0.3) is 5.91 Å². The van der Waals surface area contributed by atoms with E-state index < -0.39 is 12.0 Å². The molecule has 2 aromatic rings. The van der Waals surface area contributed by atoms with E-state index in [9.17, 15) is 9.90 Å². The van der Waals surface area contributed by atoms with Crippen LogP contribution in [0.15, 0.2) is 40.4 Å². The molecular weight excluding hydrogens is 448 g/mol. The number of aromatic nitrogens is 1. The minimum absolute atomic E-state index is 0.140. The Hall–Kier alpha value is -3.50. The predicted molar refractivity (Wildman–Crippen MR) is 132 cm³/mol. The molecule has 3 N–H and O–H groups in total. The van der Waals surface area contributed by atoms with Crippen molar-refractivity contribution in [2.24, 2.45) is 15.7 Å². The van der Waals surface area contributed by atoms with E-state index in [2.05, 4.69) is 14.9 Å². The average molecular weight is 479 g/mol. The smallest absolute Gasteiger partial charge is 0.251 e. The number of piperidine rings is 1. The molecule has 10 heteroatoms. The molecule has 3 aliphatic rings. The summed E-state index contributed by atoms with van der Waals surface area (Å²) in [7, 11) is 1.56. The SMILES string of the molecule is COc1c(OC[C@H](O)CN2CCCCC2)ccc2c1N=C(c1ncccc1C(N)=O)N1CCN=C21. The fourth-order valence-corrected chi connectivity index (χ4v) is 4.85. The van der Waals surface area contributed by atoms with Crippen LogP contribution < -0.4 is 15.2 Å². The number of nitrogens with zero attached hydrogens (tertiary/aromatic N) is 5. The lowest BCUT2D eigenvalue weighted by atomic mass is 10.0. The number of carbonyl (C=O) groups is 1. The van der Waals surface area contributed by atoms with E-state index in [1.54, 1.807) is 25.4 Å². The summed E-state index contributed by atoms with van der Waals surface area (Å²) in [6.45, 7) is 3.95. The van der Waals surface area contributed by atoms with E-state index in [-0.39, 0.29) is 12.2 Å². The number of likely N-dealkylation sites (tertiary alicyclic amines) is 1. The molecule has 1 aromatic carbocycles. The van der Waals surface area contributed by atoms with E-state index in [1.807, 2.05) is 17.0 Å². The van der Waals surface area contributed by atoms with Crippen molar-refractivity contribution >= 4 is 23.3 Å². The number of benzene rings is 1. The molecule has 1 amide bonds. The lowest BCUT2D eigenvalue weighted by Gasteiger charge is -2.29. The van der Waals surface area contributed by atoms with Crippen molar-refractivity contribution in [3.05, 3.63) is 47.3 Å². The highest BCUT2D eigenvalue weighted by molar-refractivity contribution is 6.22. The van der Waals surface area contributed by atoms with Crippen LogP contribution in [0.1, 0.15) is 40.9 Å². The highest BCUT2D eigenvalue weighted by Gasteiger charge is 2.35. The Bertz CT molecular complexity index is 1170. The number of aliphatic imine (C=N–C) groups is 2. The van der Waals surface area contributed by atoms with Gasteiger partial charge in [0.1, 0.15) is 29.9 Å². The number of fused-ring (bicyclic) bond motifs is 3. The largest absolute Gasteiger partial charge is 0.491 e. The molecule has 0 bridgehead atoms. The van der Waals surface area contributed by atoms with Crippen LogP contribution in [-0.2, 0) is 0 Å². The van der Waals surface area contributed by atoms with Crippen molar-refractivity contribution in [2.75, 3.05) is 46.4 Å². The maximum Gasteiger partial charge on any atom is 0.251 e. The normalized spacial score (nSPS) is 18.3. The number of aliphatic hydroxyl groups excluding tert-OH is 1. The van der Waals surface area contributed by atoms with Gasteiger partial charge in [-0.05, 0) is 50.2 Å². The van der Waals surface area contributed by atoms with Crippen molar-refractivity contribution in [1.29, 1.82) is 0 Å². The molecule has 1 saturated heterocycles. The van der Waals surface area contributed by atoms with Crippen LogP contribution in [0.4, 0.5) is 5.69 Å². The number of aliphatic hydroxyl groups is 1. The second-order valence-corrected chi connectivity index (χ2v) is 8.88. The molecule has 10 nitrogen and oxygen atoms in total. The molecule has 4 heterocycles. The van der Waals surface area contributed by atoms with Gasteiger partial charge in [-0.25, -0.2) is 4.99 Å². The summed E-state index contributed by atoms with van der Waals surface area (Å²) in [5.41, 5.74) is 7.64. The molecular formula is C25H30N6O4. The minimum Gasteiger partial charge on any atom is -0.491 e. The number of carbonyl (C=O) groups excluding carboxylic acids is 1. The van der Waals surface area contributed by atoms with Crippen LogP contribution in [0, 0.1) is 0 Å². The van der Waals surface area contributed by atoms with Gasteiger partial charge in [0.15, 0.2) is 17.3 Å². The van der Waals surface area contributed by atoms with Gasteiger partial charge in [-0.15, -0.1) is 0 Å². The van der Waals surface area contributed by atoms with Crippen molar-refractivity contribution in [3.63, 3.8) is 0 Å². The molecule has 0 aliphatic carbocycles. The molecule has 3 aliphatic heterocycles. The molecule has 1 fully saturated rings. The highest BCUT2D eigenvalue weighted by atomic mass is 16.5. The Kier molecular flexibility index (Phi) is 6.65. The lowest BCUT2D eigenvalue weighted by Crippen LogP contribution is -2.39. The van der Waals surface area contributed by atoms with Gasteiger partial charge in [-0.2, -0.15) is 0 Å². The Morgan fingerprint density at radius 3 is 2.77 bits per heavy atom. The number of hydrogen-bond acceptors (Lipinski definition) is 9. The van der Waals surface area contributed by atoms with Gasteiger partial charge in [-0.3, -0.25) is 14.8 Å². The van der Waals surface area contributed by atoms with Gasteiger partial charge in [0.2, 0.25) is 0 Å². The summed E-state index contributed by atoms with van der Waals surface area (Å²) in [6.07, 6.45) is 4.57. The summed E-state index contributed by atoms with van der Waals surface area (Å²) in [4.78, 5) is 30.2. The summed E-state index contributed by atoms with van der Waals surface area (Å²) < 4.78 is 11.7. The number of β-amino-alcohol motifs (C(OH)–C–C–N with tert-alkyl or cyclic N) is 1. The fraction of sp³-hybridized carbons (Fsp3) is 0.440. The Morgan fingerprint density at radius 2 is 2.00 bits per heavy atom. The third kappa shape index (κ3) is 4.59. The molecule has 0 spiro atoms. The average Bonchev–Trinajstić information content (AvgIpc) is 3.37. The number of amidine groups is 2. The third-order valence-corrected chi connectivity index (χ3v) is 6.49. The van der Waals surface area contributed by atoms with Crippen molar-refractivity contribution in [2.45, 2.75) is 25.4 Å². The zero-order chi connectivity index (χ0) is 24.4. The van der Waals surface area contributed by atoms with Crippen LogP contribution in [0.2, 0.25) is 0 Å². The van der Waals surface area contributed by atoms with Gasteiger partial charge in [0.05, 0.1) is 19.2 Å². The number of methoxy groups -OCH3 is 1. The molecule has 1 aromatic heterocycles. The second kappa shape index (κ2) is 10.0. The van der Waals surface area contributed by atoms with Gasteiger partial charge in [-0.1, -0.05) is 6.42 Å². The molecule has 35 heavy (non-hydrogen) atoms. The number of nitrogens with two attached hydrogens (primary N) is 1. The molecule has 0 radical (unpaired) electrons. The van der Waals surface area contributed by atoms with Gasteiger partial charge >= 0.3 is 0 Å². The van der Waals surface area contributed by atoms with E-state index in [0.29, 0.717) is 48.4 Å². The topological polar surface area (TPSA) is 126 Å². The first-order valence-electron chi connectivity index (χ1n) is 12.0. The number of hydrogen-bond donors (Lipinski definition) is 2. The van der Waals surface area contributed by atoms with Gasteiger partial charge < -0.3 is 30.1 Å². The van der Waals surface area contributed by atoms with Crippen molar-refractivity contribution < 1.29 is 19.4 Å². The highest BCUT2D eigenvalue weighted by Crippen LogP contribution is 2.44. The quantitative estimate of drug-likeness (QED) is 0.590. The van der Waals surface area contributed by atoms with Crippen LogP contribution in [-0.4, -0.2) is 90.0 Å². The summed E-state index contributed by atoms with van der Waals surface area (Å²) in [5, 5.41) is 10.5. The van der Waals surface area contributed by atoms with E-state index in [0.717, 1.165) is 24.5 Å². The number of primary amides is 1. The monoisotopic (exact) mass is 478 g/mol. The Morgan fingerprint density at radius 1 is 1.17 bits per heavy atom. The molecule has 5 rings (SSSR count). The molecule has 0 saturated carbocycles. The van der Waals surface area contributed by atoms with Crippen LogP contribution in [0.3, 0.4) is 0 Å². The Labute approximate surface area is 204 Å². The van der Waals surface area contributed by atoms with E-state index in [4.69, 9.17) is 20.2 Å². The summed E-state index contributed by atoms with van der Waals surface area (Å²) in [5.74, 6) is 1.57. The van der Waals surface area contributed by atoms with Crippen LogP contribution >= 0.6 is 0 Å². The number of amides is 1. The first kappa shape index (κ1) is 23.3. The van der Waals surface area contributed by atoms with E-state index >= 15 is 0 Å². The predicted octanol–water partition coefficient (Wildman–Crippen LogP) is 1.57. The lowest BCUT2D eigenvalue weighted by molar-refractivity contribution is 0.0608. The Balaban J connectivity index is 1.46. The van der Waals surface area contributed by atoms with Crippen LogP contribution in [0.5, 0.6) is 11.5 Å². The third-order valence-electron chi connectivity index (χ3n) is 6.49. The maximum atomic E-state index is 12.1. The van der Waals surface area contributed by atoms with E-state index in [1.165, 1.54) is 19.3 Å². The maximum absolute atomic E-state index is 12.1. The molecule has 0 unspecified atom stereocenters. The second-order valence-electron chi connectivity index (χ2n) is 8.88. The number of rotatable bonds is 8. The number of pyridine rings is 1. The first-order chi connectivity index (χ1) is 17.1. The van der Waals surface area contributed by atoms with Crippen molar-refractivity contribution in [1.82, 2.24) is 14.8 Å². The van der Waals surface area contributed by atoms with Crippen molar-refractivity contribution in [3.8, 4) is 11.5 Å². The fourth-order valence-electron chi connectivity index (χ4n) is 4.85. The molecule has 184 valence electrons. The van der Waals surface area contributed by atoms with Gasteiger partial charge in [0, 0.05) is 24.8 Å². The summed E-state index contributed by atoms with van der Waals surface area (Å²) >= 11 is 0. The number of ether oxygens (including phenoxy) is 2. The molecule has 1 atom stereocenters. The summed E-state index contributed by atoms with van der Waals surface area (Å²) in [6, 6.07) is 7.02. The zero-order valence-electron chi connectivity index (χ0n) is 19.8. The van der Waals surface area contributed by atoms with Crippen LogP contribution in [0.25, 0.3) is 0 Å². The standard InChI is InChI=1S/C25H30N6O4/c1-34-22-19(35-15-16(32)14-30-11-3-2-4-12-30)8-7-18-20(22)29-25(31-13-10-28-24(18)31)21-17(23(26)33)6-5-9-27-21/h5-9,16,32H,2-4,10-15H2,1H3,(H2,26,33)/t16-/m1/s1. The zero-order valence-corrected chi connectivity index (χ0v) is 19.8. The first-order valence-corrected chi connectivity index (χ1v) is 12.0.